The zero-order chi connectivity index (χ0) is 34.7. The molecule has 0 saturated heterocycles. The van der Waals surface area contributed by atoms with Gasteiger partial charge < -0.3 is 20.7 Å². The molecule has 0 radical (unpaired) electrons. The molecule has 250 valence electrons. The van der Waals surface area contributed by atoms with Gasteiger partial charge in [-0.1, -0.05) is 86.6 Å². The van der Waals surface area contributed by atoms with E-state index in [1.807, 2.05) is 36.4 Å². The number of hydrogen-bond acceptors (Lipinski definition) is 7. The Labute approximate surface area is 283 Å². The smallest absolute Gasteiger partial charge is 0.407 e. The van der Waals surface area contributed by atoms with Gasteiger partial charge in [-0.2, -0.15) is 0 Å². The number of alkyl carbamates (subject to hydrolysis) is 1. The standard InChI is InChI=1S/C38H36N4O7/c1-22(2)33(41-38(47)48-21-32-28-12-6-4-10-26(28)27-11-5-7-13-29(27)32)35(44)39-23(3)34(43)40-25-18-16-24(17-19-25)20-49-42-36(45)30-14-8-9-15-31(30)37(42)46/h4-19,22-23,32-33H,20-21H2,1-3H3,(H,39,44)(H,40,43)(H,41,47)/t23-,33-/m0/s1. The number of carbonyl (C=O) groups excluding carboxylic acids is 5. The van der Waals surface area contributed by atoms with Crippen molar-refractivity contribution in [2.45, 2.75) is 45.4 Å². The van der Waals surface area contributed by atoms with E-state index in [-0.39, 0.29) is 25.0 Å². The summed E-state index contributed by atoms with van der Waals surface area (Å²) in [4.78, 5) is 69.5. The van der Waals surface area contributed by atoms with Crippen LogP contribution in [0, 0.1) is 5.92 Å². The van der Waals surface area contributed by atoms with Gasteiger partial charge in [0, 0.05) is 11.6 Å². The topological polar surface area (TPSA) is 143 Å². The summed E-state index contributed by atoms with van der Waals surface area (Å²) in [5, 5.41) is 8.84. The molecule has 0 aromatic heterocycles. The van der Waals surface area contributed by atoms with Gasteiger partial charge in [-0.05, 0) is 64.9 Å². The number of hydroxylamine groups is 2. The van der Waals surface area contributed by atoms with E-state index in [0.717, 1.165) is 27.3 Å². The van der Waals surface area contributed by atoms with Crippen LogP contribution in [0.1, 0.15) is 64.1 Å². The van der Waals surface area contributed by atoms with Crippen LogP contribution in [-0.2, 0) is 25.8 Å². The molecule has 3 N–H and O–H groups in total. The van der Waals surface area contributed by atoms with Gasteiger partial charge in [0.1, 0.15) is 25.3 Å². The van der Waals surface area contributed by atoms with Gasteiger partial charge >= 0.3 is 6.09 Å². The largest absolute Gasteiger partial charge is 0.449 e. The number of nitrogens with zero attached hydrogens (tertiary/aromatic N) is 1. The fourth-order valence-corrected chi connectivity index (χ4v) is 6.03. The van der Waals surface area contributed by atoms with Gasteiger partial charge in [0.05, 0.1) is 11.1 Å². The number of rotatable bonds is 11. The van der Waals surface area contributed by atoms with Gasteiger partial charge in [-0.25, -0.2) is 4.79 Å². The average Bonchev–Trinajstić information content (AvgIpc) is 3.55. The molecule has 5 amide bonds. The molecular formula is C38H36N4O7. The highest BCUT2D eigenvalue weighted by molar-refractivity contribution is 6.20. The minimum atomic E-state index is -0.938. The van der Waals surface area contributed by atoms with Crippen molar-refractivity contribution in [1.82, 2.24) is 15.7 Å². The summed E-state index contributed by atoms with van der Waals surface area (Å²) >= 11 is 0. The summed E-state index contributed by atoms with van der Waals surface area (Å²) in [6, 6.07) is 27.4. The van der Waals surface area contributed by atoms with E-state index in [4.69, 9.17) is 9.57 Å². The molecule has 2 atom stereocenters. The van der Waals surface area contributed by atoms with Crippen molar-refractivity contribution in [3.05, 3.63) is 125 Å². The first kappa shape index (κ1) is 33.1. The van der Waals surface area contributed by atoms with Crippen LogP contribution < -0.4 is 16.0 Å². The van der Waals surface area contributed by atoms with Crippen LogP contribution >= 0.6 is 0 Å². The molecule has 1 aliphatic carbocycles. The molecule has 11 nitrogen and oxygen atoms in total. The lowest BCUT2D eigenvalue weighted by atomic mass is 9.98. The Morgan fingerprint density at radius 1 is 0.694 bits per heavy atom. The molecule has 0 fully saturated rings. The molecule has 1 heterocycles. The lowest BCUT2D eigenvalue weighted by molar-refractivity contribution is -0.128. The monoisotopic (exact) mass is 660 g/mol. The van der Waals surface area contributed by atoms with E-state index in [2.05, 4.69) is 28.1 Å². The lowest BCUT2D eigenvalue weighted by Crippen LogP contribution is -2.53. The first-order chi connectivity index (χ1) is 23.6. The maximum absolute atomic E-state index is 13.2. The predicted octanol–water partition coefficient (Wildman–Crippen LogP) is 5.42. The molecule has 0 unspecified atom stereocenters. The van der Waals surface area contributed by atoms with E-state index >= 15 is 0 Å². The molecular weight excluding hydrogens is 624 g/mol. The number of amides is 5. The molecule has 49 heavy (non-hydrogen) atoms. The Hall–Kier alpha value is -5.81. The third-order valence-electron chi connectivity index (χ3n) is 8.66. The van der Waals surface area contributed by atoms with E-state index in [1.54, 1.807) is 69.3 Å². The van der Waals surface area contributed by atoms with Crippen molar-refractivity contribution in [2.75, 3.05) is 11.9 Å². The Morgan fingerprint density at radius 3 is 1.78 bits per heavy atom. The van der Waals surface area contributed by atoms with Crippen molar-refractivity contribution in [2.24, 2.45) is 5.92 Å². The number of benzene rings is 4. The molecule has 0 bridgehead atoms. The maximum atomic E-state index is 13.2. The van der Waals surface area contributed by atoms with Crippen molar-refractivity contribution in [3.63, 3.8) is 0 Å². The fourth-order valence-electron chi connectivity index (χ4n) is 6.03. The predicted molar refractivity (Wildman–Crippen MR) is 181 cm³/mol. The van der Waals surface area contributed by atoms with Gasteiger partial charge in [0.15, 0.2) is 0 Å². The zero-order valence-electron chi connectivity index (χ0n) is 27.3. The second kappa shape index (κ2) is 14.1. The molecule has 0 saturated carbocycles. The van der Waals surface area contributed by atoms with E-state index in [9.17, 15) is 24.0 Å². The quantitative estimate of drug-likeness (QED) is 0.182. The number of carbonyl (C=O) groups is 5. The van der Waals surface area contributed by atoms with Crippen molar-refractivity contribution < 1.29 is 33.5 Å². The average molecular weight is 661 g/mol. The summed E-state index contributed by atoms with van der Waals surface area (Å²) in [6.45, 7) is 5.19. The maximum Gasteiger partial charge on any atom is 0.407 e. The summed E-state index contributed by atoms with van der Waals surface area (Å²) in [7, 11) is 0. The minimum Gasteiger partial charge on any atom is -0.449 e. The van der Waals surface area contributed by atoms with Gasteiger partial charge in [0.25, 0.3) is 11.8 Å². The second-order valence-electron chi connectivity index (χ2n) is 12.3. The van der Waals surface area contributed by atoms with Crippen LogP contribution in [0.5, 0.6) is 0 Å². The van der Waals surface area contributed by atoms with Crippen molar-refractivity contribution in [3.8, 4) is 11.1 Å². The summed E-state index contributed by atoms with van der Waals surface area (Å²) in [5.74, 6) is -2.43. The first-order valence-electron chi connectivity index (χ1n) is 16.0. The lowest BCUT2D eigenvalue weighted by Gasteiger charge is -2.24. The Morgan fingerprint density at radius 2 is 1.22 bits per heavy atom. The van der Waals surface area contributed by atoms with Gasteiger partial charge in [-0.15, -0.1) is 5.06 Å². The number of ether oxygens (including phenoxy) is 1. The number of anilines is 1. The number of imide groups is 1. The normalized spacial score (nSPS) is 14.5. The second-order valence-corrected chi connectivity index (χ2v) is 12.3. The van der Waals surface area contributed by atoms with Crippen LogP contribution in [0.4, 0.5) is 10.5 Å². The van der Waals surface area contributed by atoms with Crippen LogP contribution in [0.25, 0.3) is 11.1 Å². The van der Waals surface area contributed by atoms with Crippen LogP contribution in [-0.4, -0.2) is 53.5 Å². The van der Waals surface area contributed by atoms with Crippen molar-refractivity contribution >= 4 is 35.4 Å². The van der Waals surface area contributed by atoms with Gasteiger partial charge in [-0.3, -0.25) is 24.0 Å². The third kappa shape index (κ3) is 6.93. The van der Waals surface area contributed by atoms with Crippen LogP contribution in [0.15, 0.2) is 97.1 Å². The van der Waals surface area contributed by atoms with E-state index in [1.165, 1.54) is 0 Å². The number of hydrogen-bond donors (Lipinski definition) is 3. The van der Waals surface area contributed by atoms with Gasteiger partial charge in [0.2, 0.25) is 11.8 Å². The minimum absolute atomic E-state index is 0.0422. The summed E-state index contributed by atoms with van der Waals surface area (Å²) < 4.78 is 5.63. The number of nitrogens with one attached hydrogen (secondary N) is 3. The highest BCUT2D eigenvalue weighted by atomic mass is 16.7. The van der Waals surface area contributed by atoms with E-state index < -0.39 is 41.8 Å². The molecule has 4 aromatic rings. The molecule has 1 aliphatic heterocycles. The SMILES string of the molecule is CC(C)[C@H](NC(=O)OCC1c2ccccc2-c2ccccc21)C(=O)N[C@@H](C)C(=O)Nc1ccc(CON2C(=O)c3ccccc3C2=O)cc1. The highest BCUT2D eigenvalue weighted by Crippen LogP contribution is 2.44. The molecule has 2 aliphatic rings. The fraction of sp³-hybridized carbons (Fsp3) is 0.237. The zero-order valence-corrected chi connectivity index (χ0v) is 27.3. The molecule has 6 rings (SSSR count). The van der Waals surface area contributed by atoms with Crippen LogP contribution in [0.3, 0.4) is 0 Å². The Balaban J connectivity index is 0.980. The van der Waals surface area contributed by atoms with Crippen LogP contribution in [0.2, 0.25) is 0 Å². The van der Waals surface area contributed by atoms with E-state index in [0.29, 0.717) is 22.4 Å². The first-order valence-corrected chi connectivity index (χ1v) is 16.0. The number of fused-ring (bicyclic) bond motifs is 4. The highest BCUT2D eigenvalue weighted by Gasteiger charge is 2.36. The Kier molecular flexibility index (Phi) is 9.54. The summed E-state index contributed by atoms with van der Waals surface area (Å²) in [6.07, 6.45) is -0.722. The summed E-state index contributed by atoms with van der Waals surface area (Å²) in [5.41, 5.74) is 6.10. The molecule has 0 spiro atoms. The molecule has 11 heteroatoms. The third-order valence-corrected chi connectivity index (χ3v) is 8.66. The Bertz CT molecular complexity index is 1840. The molecule has 4 aromatic carbocycles. The van der Waals surface area contributed by atoms with Crippen molar-refractivity contribution in [1.29, 1.82) is 0 Å².